The van der Waals surface area contributed by atoms with Crippen molar-refractivity contribution in [2.24, 2.45) is 0 Å². The van der Waals surface area contributed by atoms with Gasteiger partial charge in [0.25, 0.3) is 0 Å². The fraction of sp³-hybridized carbons (Fsp3) is 0.304. The average Bonchev–Trinajstić information content (AvgIpc) is 3.21. The molecular formula is C23H22Cl2IN5. The van der Waals surface area contributed by atoms with Crippen LogP contribution in [0.4, 0.5) is 5.69 Å². The zero-order valence-electron chi connectivity index (χ0n) is 17.0. The monoisotopic (exact) mass is 565 g/mol. The van der Waals surface area contributed by atoms with Gasteiger partial charge in [-0.3, -0.25) is 9.58 Å². The maximum absolute atomic E-state index is 9.18. The van der Waals surface area contributed by atoms with Crippen LogP contribution in [0.3, 0.4) is 0 Å². The minimum absolute atomic E-state index is 0.126. The molecule has 0 N–H and O–H groups in total. The third-order valence-electron chi connectivity index (χ3n) is 5.65. The molecule has 1 saturated heterocycles. The van der Waals surface area contributed by atoms with Gasteiger partial charge < -0.3 is 4.90 Å². The highest BCUT2D eigenvalue weighted by Crippen LogP contribution is 2.36. The van der Waals surface area contributed by atoms with Crippen LogP contribution < -0.4 is 4.90 Å². The molecular weight excluding hydrogens is 544 g/mol. The zero-order valence-corrected chi connectivity index (χ0v) is 20.7. The SMILES string of the molecule is CC(CN1CCN(c2ccc(C#N)cc2Cl)[C@H](c2ccc(Cl)cc2)C1)n1cc(I)cn1. The van der Waals surface area contributed by atoms with Gasteiger partial charge in [-0.1, -0.05) is 35.3 Å². The molecule has 0 radical (unpaired) electrons. The Kier molecular flexibility index (Phi) is 7.07. The molecule has 0 aliphatic carbocycles. The van der Waals surface area contributed by atoms with Gasteiger partial charge in [0.15, 0.2) is 0 Å². The van der Waals surface area contributed by atoms with E-state index in [1.807, 2.05) is 35.1 Å². The topological polar surface area (TPSA) is 48.1 Å². The molecule has 0 saturated carbocycles. The van der Waals surface area contributed by atoms with Crippen molar-refractivity contribution >= 4 is 51.5 Å². The number of hydrogen-bond donors (Lipinski definition) is 0. The largest absolute Gasteiger partial charge is 0.361 e. The minimum atomic E-state index is 0.126. The highest BCUT2D eigenvalue weighted by Gasteiger charge is 2.30. The lowest BCUT2D eigenvalue weighted by molar-refractivity contribution is 0.193. The highest BCUT2D eigenvalue weighted by molar-refractivity contribution is 14.1. The van der Waals surface area contributed by atoms with Crippen molar-refractivity contribution in [1.82, 2.24) is 14.7 Å². The lowest BCUT2D eigenvalue weighted by Crippen LogP contribution is -2.49. The molecule has 5 nitrogen and oxygen atoms in total. The summed E-state index contributed by atoms with van der Waals surface area (Å²) in [6, 6.07) is 16.1. The Labute approximate surface area is 206 Å². The van der Waals surface area contributed by atoms with Crippen LogP contribution in [0, 0.1) is 14.9 Å². The van der Waals surface area contributed by atoms with E-state index in [0.29, 0.717) is 10.6 Å². The molecule has 2 aromatic carbocycles. The molecule has 0 bridgehead atoms. The molecule has 160 valence electrons. The average molecular weight is 566 g/mol. The summed E-state index contributed by atoms with van der Waals surface area (Å²) in [5, 5.41) is 15.0. The summed E-state index contributed by atoms with van der Waals surface area (Å²) in [5.74, 6) is 0. The van der Waals surface area contributed by atoms with E-state index >= 15 is 0 Å². The Hall–Kier alpha value is -1.79. The summed E-state index contributed by atoms with van der Waals surface area (Å²) in [7, 11) is 0. The summed E-state index contributed by atoms with van der Waals surface area (Å²) in [5.41, 5.74) is 2.71. The molecule has 2 atom stereocenters. The number of piperazine rings is 1. The summed E-state index contributed by atoms with van der Waals surface area (Å²) < 4.78 is 3.17. The van der Waals surface area contributed by atoms with Crippen LogP contribution in [0.2, 0.25) is 10.0 Å². The van der Waals surface area contributed by atoms with Crippen molar-refractivity contribution in [1.29, 1.82) is 5.26 Å². The first-order valence-electron chi connectivity index (χ1n) is 10.1. The Morgan fingerprint density at radius 2 is 1.97 bits per heavy atom. The normalized spacial score (nSPS) is 18.0. The molecule has 1 aliphatic rings. The molecule has 8 heteroatoms. The standard InChI is InChI=1S/C23H22Cl2IN5/c1-16(31-14-20(26)12-28-31)13-29-8-9-30(22-7-2-17(11-27)10-21(22)25)23(15-29)18-3-5-19(24)6-4-18/h2-7,10,12,14,16,23H,8-9,13,15H2,1H3/t16?,23-/m0/s1. The summed E-state index contributed by atoms with van der Waals surface area (Å²) in [6.07, 6.45) is 3.97. The first-order chi connectivity index (χ1) is 14.9. The van der Waals surface area contributed by atoms with Crippen LogP contribution in [0.5, 0.6) is 0 Å². The predicted octanol–water partition coefficient (Wildman–Crippen LogP) is 5.79. The van der Waals surface area contributed by atoms with Gasteiger partial charge in [-0.15, -0.1) is 0 Å². The van der Waals surface area contributed by atoms with Gasteiger partial charge in [0.1, 0.15) is 0 Å². The van der Waals surface area contributed by atoms with Crippen molar-refractivity contribution in [2.75, 3.05) is 31.1 Å². The minimum Gasteiger partial charge on any atom is -0.361 e. The van der Waals surface area contributed by atoms with Crippen LogP contribution in [-0.2, 0) is 0 Å². The number of aromatic nitrogens is 2. The molecule has 1 aromatic heterocycles. The van der Waals surface area contributed by atoms with Gasteiger partial charge in [0, 0.05) is 37.4 Å². The van der Waals surface area contributed by atoms with E-state index in [1.165, 1.54) is 5.56 Å². The van der Waals surface area contributed by atoms with Crippen molar-refractivity contribution < 1.29 is 0 Å². The van der Waals surface area contributed by atoms with Crippen LogP contribution >= 0.6 is 45.8 Å². The molecule has 4 rings (SSSR count). The zero-order chi connectivity index (χ0) is 22.0. The van der Waals surface area contributed by atoms with Gasteiger partial charge in [-0.2, -0.15) is 10.4 Å². The second-order valence-corrected chi connectivity index (χ2v) is 9.88. The van der Waals surface area contributed by atoms with Crippen molar-refractivity contribution in [3.05, 3.63) is 79.6 Å². The molecule has 0 amide bonds. The van der Waals surface area contributed by atoms with E-state index in [4.69, 9.17) is 23.2 Å². The Morgan fingerprint density at radius 3 is 2.61 bits per heavy atom. The lowest BCUT2D eigenvalue weighted by Gasteiger charge is -2.44. The number of rotatable bonds is 5. The van der Waals surface area contributed by atoms with Crippen molar-refractivity contribution in [3.8, 4) is 6.07 Å². The summed E-state index contributed by atoms with van der Waals surface area (Å²) in [6.45, 7) is 5.73. The Morgan fingerprint density at radius 1 is 1.19 bits per heavy atom. The van der Waals surface area contributed by atoms with Gasteiger partial charge in [-0.05, 0) is 65.4 Å². The first-order valence-corrected chi connectivity index (χ1v) is 11.9. The smallest absolute Gasteiger partial charge is 0.0992 e. The maximum atomic E-state index is 9.18. The third-order valence-corrected chi connectivity index (χ3v) is 6.76. The van der Waals surface area contributed by atoms with E-state index in [2.05, 4.69) is 68.8 Å². The van der Waals surface area contributed by atoms with Gasteiger partial charge in [-0.25, -0.2) is 0 Å². The predicted molar refractivity (Wildman–Crippen MR) is 134 cm³/mol. The van der Waals surface area contributed by atoms with Gasteiger partial charge in [0.05, 0.1) is 44.2 Å². The Balaban J connectivity index is 1.59. The molecule has 1 aliphatic heterocycles. The number of nitrogens with zero attached hydrogens (tertiary/aromatic N) is 5. The van der Waals surface area contributed by atoms with Crippen molar-refractivity contribution in [2.45, 2.75) is 19.0 Å². The van der Waals surface area contributed by atoms with E-state index in [0.717, 1.165) is 40.5 Å². The van der Waals surface area contributed by atoms with Crippen LogP contribution in [-0.4, -0.2) is 40.9 Å². The van der Waals surface area contributed by atoms with Crippen LogP contribution in [0.1, 0.15) is 30.1 Å². The number of halogens is 3. The summed E-state index contributed by atoms with van der Waals surface area (Å²) >= 11 is 15.0. The number of anilines is 1. The fourth-order valence-corrected chi connectivity index (χ4v) is 4.91. The molecule has 0 spiro atoms. The molecule has 2 heterocycles. The van der Waals surface area contributed by atoms with Gasteiger partial charge >= 0.3 is 0 Å². The molecule has 31 heavy (non-hydrogen) atoms. The van der Waals surface area contributed by atoms with Crippen molar-refractivity contribution in [3.63, 3.8) is 0 Å². The van der Waals surface area contributed by atoms with Gasteiger partial charge in [0.2, 0.25) is 0 Å². The second kappa shape index (κ2) is 9.78. The van der Waals surface area contributed by atoms with E-state index in [1.54, 1.807) is 6.07 Å². The van der Waals surface area contributed by atoms with Crippen LogP contribution in [0.15, 0.2) is 54.9 Å². The molecule has 3 aromatic rings. The number of benzene rings is 2. The number of nitriles is 1. The highest BCUT2D eigenvalue weighted by atomic mass is 127. The lowest BCUT2D eigenvalue weighted by atomic mass is 10.0. The van der Waals surface area contributed by atoms with Crippen LogP contribution in [0.25, 0.3) is 0 Å². The molecule has 1 unspecified atom stereocenters. The fourth-order valence-electron chi connectivity index (χ4n) is 4.09. The summed E-state index contributed by atoms with van der Waals surface area (Å²) in [4.78, 5) is 4.82. The van der Waals surface area contributed by atoms with E-state index in [9.17, 15) is 5.26 Å². The molecule has 1 fully saturated rings. The van der Waals surface area contributed by atoms with E-state index in [-0.39, 0.29) is 12.1 Å². The Bertz CT molecular complexity index is 1090. The second-order valence-electron chi connectivity index (χ2n) is 7.79. The van der Waals surface area contributed by atoms with E-state index < -0.39 is 0 Å². The maximum Gasteiger partial charge on any atom is 0.0992 e. The first kappa shape index (κ1) is 22.4. The third kappa shape index (κ3) is 5.17. The number of hydrogen-bond acceptors (Lipinski definition) is 4. The quantitative estimate of drug-likeness (QED) is 0.367.